The summed E-state index contributed by atoms with van der Waals surface area (Å²) in [5.41, 5.74) is 2.63. The van der Waals surface area contributed by atoms with Gasteiger partial charge in [0.1, 0.15) is 6.54 Å². The Hall–Kier alpha value is -3.15. The molecule has 0 unspecified atom stereocenters. The second kappa shape index (κ2) is 9.98. The summed E-state index contributed by atoms with van der Waals surface area (Å²) >= 11 is 0. The zero-order valence-corrected chi connectivity index (χ0v) is 14.4. The highest BCUT2D eigenvalue weighted by atomic mass is 16.4. The van der Waals surface area contributed by atoms with Crippen molar-refractivity contribution >= 4 is 23.5 Å². The first-order chi connectivity index (χ1) is 12.5. The first-order valence-electron chi connectivity index (χ1n) is 8.44. The summed E-state index contributed by atoms with van der Waals surface area (Å²) in [6, 6.07) is 17.0. The highest BCUT2D eigenvalue weighted by Crippen LogP contribution is 2.11. The van der Waals surface area contributed by atoms with Crippen LogP contribution in [0.3, 0.4) is 0 Å². The lowest BCUT2D eigenvalue weighted by atomic mass is 10.1. The fourth-order valence-corrected chi connectivity index (χ4v) is 2.45. The number of aryl methyl sites for hydroxylation is 1. The molecule has 0 spiro atoms. The van der Waals surface area contributed by atoms with Crippen LogP contribution in [0.1, 0.15) is 24.0 Å². The first-order valence-corrected chi connectivity index (χ1v) is 8.44. The molecule has 2 amide bonds. The van der Waals surface area contributed by atoms with Crippen LogP contribution < -0.4 is 10.6 Å². The zero-order valence-electron chi connectivity index (χ0n) is 14.4. The van der Waals surface area contributed by atoms with Gasteiger partial charge in [-0.3, -0.25) is 14.4 Å². The van der Waals surface area contributed by atoms with Gasteiger partial charge in [-0.25, -0.2) is 0 Å². The van der Waals surface area contributed by atoms with Gasteiger partial charge in [-0.2, -0.15) is 0 Å². The predicted molar refractivity (Wildman–Crippen MR) is 98.8 cm³/mol. The molecule has 0 saturated heterocycles. The molecule has 0 heterocycles. The lowest BCUT2D eigenvalue weighted by molar-refractivity contribution is -0.137. The van der Waals surface area contributed by atoms with Gasteiger partial charge in [0.25, 0.3) is 0 Å². The molecule has 6 heteroatoms. The number of hydrogen-bond acceptors (Lipinski definition) is 3. The Morgan fingerprint density at radius 3 is 2.19 bits per heavy atom. The molecule has 0 aromatic heterocycles. The number of rotatable bonds is 9. The van der Waals surface area contributed by atoms with Gasteiger partial charge in [0, 0.05) is 12.1 Å². The molecule has 0 atom stereocenters. The Labute approximate surface area is 152 Å². The number of carbonyl (C=O) groups excluding carboxylic acids is 2. The minimum absolute atomic E-state index is 0.0483. The molecular formula is C20H22N2O4. The van der Waals surface area contributed by atoms with E-state index in [0.29, 0.717) is 12.1 Å². The van der Waals surface area contributed by atoms with Crippen LogP contribution in [-0.2, 0) is 27.2 Å². The van der Waals surface area contributed by atoms with E-state index in [-0.39, 0.29) is 18.2 Å². The SMILES string of the molecule is O=C(O)CNC(=O)Cc1ccc(NC(=O)CCCc2ccccc2)cc1. The van der Waals surface area contributed by atoms with E-state index in [0.717, 1.165) is 18.4 Å². The molecule has 26 heavy (non-hydrogen) atoms. The maximum atomic E-state index is 12.0. The zero-order chi connectivity index (χ0) is 18.8. The van der Waals surface area contributed by atoms with Crippen LogP contribution in [0.4, 0.5) is 5.69 Å². The van der Waals surface area contributed by atoms with Crippen molar-refractivity contribution in [3.05, 3.63) is 65.7 Å². The van der Waals surface area contributed by atoms with Crippen LogP contribution >= 0.6 is 0 Å². The Morgan fingerprint density at radius 2 is 1.54 bits per heavy atom. The maximum absolute atomic E-state index is 12.0. The van der Waals surface area contributed by atoms with Gasteiger partial charge in [0.15, 0.2) is 0 Å². The molecule has 0 aliphatic heterocycles. The third-order valence-corrected chi connectivity index (χ3v) is 3.75. The van der Waals surface area contributed by atoms with Crippen molar-refractivity contribution in [3.8, 4) is 0 Å². The predicted octanol–water partition coefficient (Wildman–Crippen LogP) is 2.39. The molecular weight excluding hydrogens is 332 g/mol. The third kappa shape index (κ3) is 7.17. The minimum atomic E-state index is -1.08. The van der Waals surface area contributed by atoms with E-state index in [4.69, 9.17) is 5.11 Å². The second-order valence-electron chi connectivity index (χ2n) is 5.93. The lowest BCUT2D eigenvalue weighted by Gasteiger charge is -2.07. The van der Waals surface area contributed by atoms with Gasteiger partial charge >= 0.3 is 5.97 Å². The molecule has 0 saturated carbocycles. The third-order valence-electron chi connectivity index (χ3n) is 3.75. The first kappa shape index (κ1) is 19.2. The van der Waals surface area contributed by atoms with E-state index in [9.17, 15) is 14.4 Å². The highest BCUT2D eigenvalue weighted by molar-refractivity contribution is 5.90. The van der Waals surface area contributed by atoms with Crippen LogP contribution in [0.15, 0.2) is 54.6 Å². The van der Waals surface area contributed by atoms with Crippen LogP contribution in [0.25, 0.3) is 0 Å². The number of aliphatic carboxylic acids is 1. The Kier molecular flexibility index (Phi) is 7.36. The molecule has 2 aromatic carbocycles. The van der Waals surface area contributed by atoms with E-state index >= 15 is 0 Å². The molecule has 0 bridgehead atoms. The molecule has 136 valence electrons. The van der Waals surface area contributed by atoms with Crippen molar-refractivity contribution in [2.45, 2.75) is 25.7 Å². The van der Waals surface area contributed by atoms with E-state index in [2.05, 4.69) is 10.6 Å². The number of anilines is 1. The summed E-state index contributed by atoms with van der Waals surface area (Å²) < 4.78 is 0. The largest absolute Gasteiger partial charge is 0.480 e. The average Bonchev–Trinajstić information content (AvgIpc) is 2.62. The monoisotopic (exact) mass is 354 g/mol. The second-order valence-corrected chi connectivity index (χ2v) is 5.93. The molecule has 0 fully saturated rings. The number of benzene rings is 2. The molecule has 0 aliphatic rings. The van der Waals surface area contributed by atoms with Crippen LogP contribution in [-0.4, -0.2) is 29.4 Å². The summed E-state index contributed by atoms with van der Waals surface area (Å²) in [6.45, 7) is -0.393. The van der Waals surface area contributed by atoms with E-state index in [1.165, 1.54) is 5.56 Å². The number of carboxylic acids is 1. The Balaban J connectivity index is 1.73. The van der Waals surface area contributed by atoms with E-state index in [1.807, 2.05) is 30.3 Å². The fourth-order valence-electron chi connectivity index (χ4n) is 2.45. The number of nitrogens with one attached hydrogen (secondary N) is 2. The molecule has 2 aromatic rings. The maximum Gasteiger partial charge on any atom is 0.322 e. The fraction of sp³-hybridized carbons (Fsp3) is 0.250. The van der Waals surface area contributed by atoms with Crippen molar-refractivity contribution in [3.63, 3.8) is 0 Å². The van der Waals surface area contributed by atoms with Gasteiger partial charge in [0.05, 0.1) is 6.42 Å². The van der Waals surface area contributed by atoms with Gasteiger partial charge in [-0.05, 0) is 36.1 Å². The quantitative estimate of drug-likeness (QED) is 0.644. The number of amides is 2. The van der Waals surface area contributed by atoms with Crippen molar-refractivity contribution < 1.29 is 19.5 Å². The summed E-state index contributed by atoms with van der Waals surface area (Å²) in [6.07, 6.45) is 2.17. The van der Waals surface area contributed by atoms with Crippen LogP contribution in [0.2, 0.25) is 0 Å². The molecule has 0 aliphatic carbocycles. The van der Waals surface area contributed by atoms with Crippen molar-refractivity contribution in [1.29, 1.82) is 0 Å². The summed E-state index contributed by atoms with van der Waals surface area (Å²) in [7, 11) is 0. The van der Waals surface area contributed by atoms with Crippen molar-refractivity contribution in [2.24, 2.45) is 0 Å². The number of carbonyl (C=O) groups is 3. The Bertz CT molecular complexity index is 742. The highest BCUT2D eigenvalue weighted by Gasteiger charge is 2.06. The minimum Gasteiger partial charge on any atom is -0.480 e. The van der Waals surface area contributed by atoms with E-state index in [1.54, 1.807) is 24.3 Å². The summed E-state index contributed by atoms with van der Waals surface area (Å²) in [5, 5.41) is 13.7. The standard InChI is InChI=1S/C20H22N2O4/c23-18(8-4-7-15-5-2-1-3-6-15)22-17-11-9-16(10-12-17)13-19(24)21-14-20(25)26/h1-3,5-6,9-12H,4,7-8,13-14H2,(H,21,24)(H,22,23)(H,25,26). The smallest absolute Gasteiger partial charge is 0.322 e. The summed E-state index contributed by atoms with van der Waals surface area (Å²) in [5.74, 6) is -1.48. The van der Waals surface area contributed by atoms with Crippen molar-refractivity contribution in [2.75, 3.05) is 11.9 Å². The van der Waals surface area contributed by atoms with Crippen LogP contribution in [0.5, 0.6) is 0 Å². The Morgan fingerprint density at radius 1 is 0.846 bits per heavy atom. The molecule has 6 nitrogen and oxygen atoms in total. The molecule has 0 radical (unpaired) electrons. The lowest BCUT2D eigenvalue weighted by Crippen LogP contribution is -2.30. The van der Waals surface area contributed by atoms with Gasteiger partial charge < -0.3 is 15.7 Å². The topological polar surface area (TPSA) is 95.5 Å². The van der Waals surface area contributed by atoms with Gasteiger partial charge in [-0.15, -0.1) is 0 Å². The normalized spacial score (nSPS) is 10.2. The average molecular weight is 354 g/mol. The molecule has 2 rings (SSSR count). The molecule has 3 N–H and O–H groups in total. The van der Waals surface area contributed by atoms with E-state index < -0.39 is 12.5 Å². The van der Waals surface area contributed by atoms with Crippen LogP contribution in [0, 0.1) is 0 Å². The summed E-state index contributed by atoms with van der Waals surface area (Å²) in [4.78, 5) is 34.0. The van der Waals surface area contributed by atoms with Gasteiger partial charge in [-0.1, -0.05) is 42.5 Å². The van der Waals surface area contributed by atoms with Crippen molar-refractivity contribution in [1.82, 2.24) is 5.32 Å². The number of carboxylic acid groups (broad SMARTS) is 1. The van der Waals surface area contributed by atoms with Gasteiger partial charge in [0.2, 0.25) is 11.8 Å². The number of hydrogen-bond donors (Lipinski definition) is 3.